The van der Waals surface area contributed by atoms with Gasteiger partial charge in [-0.05, 0) is 49.4 Å². The molecule has 1 heterocycles. The highest BCUT2D eigenvalue weighted by Gasteiger charge is 2.19. The molecule has 1 saturated heterocycles. The number of nitriles is 1. The van der Waals surface area contributed by atoms with Crippen LogP contribution in [0.2, 0.25) is 0 Å². The molecular weight excluding hydrogens is 304 g/mol. The lowest BCUT2D eigenvalue weighted by atomic mass is 9.95. The van der Waals surface area contributed by atoms with Gasteiger partial charge in [-0.15, -0.1) is 0 Å². The van der Waals surface area contributed by atoms with Gasteiger partial charge in [-0.2, -0.15) is 5.26 Å². The van der Waals surface area contributed by atoms with Gasteiger partial charge < -0.3 is 4.74 Å². The maximum Gasteiger partial charge on any atom is 0.264 e. The van der Waals surface area contributed by atoms with Crippen LogP contribution in [-0.4, -0.2) is 27.5 Å². The highest BCUT2D eigenvalue weighted by atomic mass is 32.2. The van der Waals surface area contributed by atoms with Crippen molar-refractivity contribution in [2.24, 2.45) is 5.92 Å². The highest BCUT2D eigenvalue weighted by molar-refractivity contribution is 7.90. The Labute approximate surface area is 130 Å². The Bertz CT molecular complexity index is 656. The van der Waals surface area contributed by atoms with Gasteiger partial charge in [-0.25, -0.2) is 13.1 Å². The number of amides is 1. The molecule has 2 rings (SSSR count). The van der Waals surface area contributed by atoms with Crippen LogP contribution in [0.4, 0.5) is 0 Å². The predicted octanol–water partition coefficient (Wildman–Crippen LogP) is 1.57. The van der Waals surface area contributed by atoms with E-state index < -0.39 is 15.9 Å². The number of hydrogen-bond acceptors (Lipinski definition) is 5. The van der Waals surface area contributed by atoms with E-state index in [4.69, 9.17) is 10.00 Å². The summed E-state index contributed by atoms with van der Waals surface area (Å²) in [5, 5.41) is 8.69. The zero-order valence-electron chi connectivity index (χ0n) is 12.1. The van der Waals surface area contributed by atoms with E-state index in [1.165, 1.54) is 24.3 Å². The lowest BCUT2D eigenvalue weighted by Crippen LogP contribution is -2.31. The van der Waals surface area contributed by atoms with Crippen LogP contribution >= 0.6 is 0 Å². The first kappa shape index (κ1) is 16.5. The number of hydrogen-bond donors (Lipinski definition) is 1. The Morgan fingerprint density at radius 2 is 1.91 bits per heavy atom. The van der Waals surface area contributed by atoms with Crippen LogP contribution < -0.4 is 4.72 Å². The van der Waals surface area contributed by atoms with Gasteiger partial charge in [0.2, 0.25) is 5.91 Å². The van der Waals surface area contributed by atoms with E-state index in [1.807, 2.05) is 6.07 Å². The number of nitrogens with one attached hydrogen (secondary N) is 1. The maximum absolute atomic E-state index is 12.1. The molecule has 1 aliphatic heterocycles. The van der Waals surface area contributed by atoms with Crippen molar-refractivity contribution in [1.29, 1.82) is 5.26 Å². The lowest BCUT2D eigenvalue weighted by Gasteiger charge is -2.21. The Balaban J connectivity index is 1.89. The predicted molar refractivity (Wildman–Crippen MR) is 79.3 cm³/mol. The van der Waals surface area contributed by atoms with Crippen LogP contribution in [0, 0.1) is 17.2 Å². The monoisotopic (exact) mass is 322 g/mol. The van der Waals surface area contributed by atoms with Crippen LogP contribution in [0.1, 0.15) is 31.2 Å². The fraction of sp³-hybridized carbons (Fsp3) is 0.467. The second-order valence-corrected chi connectivity index (χ2v) is 6.94. The van der Waals surface area contributed by atoms with Crippen LogP contribution in [0.15, 0.2) is 29.2 Å². The number of nitrogens with zero attached hydrogens (tertiary/aromatic N) is 1. The molecule has 1 aromatic carbocycles. The van der Waals surface area contributed by atoms with E-state index in [0.717, 1.165) is 12.8 Å². The van der Waals surface area contributed by atoms with Gasteiger partial charge in [-0.3, -0.25) is 4.79 Å². The van der Waals surface area contributed by atoms with Crippen molar-refractivity contribution in [2.45, 2.75) is 30.6 Å². The van der Waals surface area contributed by atoms with Gasteiger partial charge in [0.15, 0.2) is 0 Å². The molecule has 1 amide bonds. The van der Waals surface area contributed by atoms with Gasteiger partial charge in [0.05, 0.1) is 16.5 Å². The van der Waals surface area contributed by atoms with E-state index in [-0.39, 0.29) is 11.3 Å². The summed E-state index contributed by atoms with van der Waals surface area (Å²) in [5.74, 6) is -0.0898. The minimum absolute atomic E-state index is 0.0223. The second-order valence-electron chi connectivity index (χ2n) is 5.26. The third-order valence-electron chi connectivity index (χ3n) is 3.66. The Kier molecular flexibility index (Phi) is 5.52. The first-order chi connectivity index (χ1) is 10.5. The van der Waals surface area contributed by atoms with E-state index in [9.17, 15) is 13.2 Å². The average molecular weight is 322 g/mol. The van der Waals surface area contributed by atoms with E-state index in [0.29, 0.717) is 31.1 Å². The standard InChI is InChI=1S/C15H18N2O4S/c16-11-13-1-4-14(5-2-13)22(19,20)17-15(18)6-3-12-7-9-21-10-8-12/h1-2,4-5,12H,3,6-10H2,(H,17,18). The number of ether oxygens (including phenoxy) is 1. The van der Waals surface area contributed by atoms with Crippen molar-refractivity contribution in [3.8, 4) is 6.07 Å². The quantitative estimate of drug-likeness (QED) is 0.887. The zero-order chi connectivity index (χ0) is 16.0. The molecule has 0 unspecified atom stereocenters. The SMILES string of the molecule is N#Cc1ccc(S(=O)(=O)NC(=O)CCC2CCOCC2)cc1. The molecular formula is C15H18N2O4S. The van der Waals surface area contributed by atoms with Crippen LogP contribution in [0.25, 0.3) is 0 Å². The molecule has 118 valence electrons. The molecule has 1 fully saturated rings. The summed E-state index contributed by atoms with van der Waals surface area (Å²) in [6.07, 6.45) is 2.67. The summed E-state index contributed by atoms with van der Waals surface area (Å²) >= 11 is 0. The first-order valence-electron chi connectivity index (χ1n) is 7.15. The van der Waals surface area contributed by atoms with Gasteiger partial charge >= 0.3 is 0 Å². The Hall–Kier alpha value is -1.91. The zero-order valence-corrected chi connectivity index (χ0v) is 12.9. The number of carbonyl (C=O) groups is 1. The van der Waals surface area contributed by atoms with Crippen LogP contribution in [0.5, 0.6) is 0 Å². The van der Waals surface area contributed by atoms with Crippen LogP contribution in [-0.2, 0) is 19.6 Å². The van der Waals surface area contributed by atoms with E-state index >= 15 is 0 Å². The average Bonchev–Trinajstić information content (AvgIpc) is 2.53. The molecule has 0 radical (unpaired) electrons. The van der Waals surface area contributed by atoms with Crippen molar-refractivity contribution in [3.05, 3.63) is 29.8 Å². The first-order valence-corrected chi connectivity index (χ1v) is 8.63. The van der Waals surface area contributed by atoms with Crippen molar-refractivity contribution in [2.75, 3.05) is 13.2 Å². The van der Waals surface area contributed by atoms with Gasteiger partial charge in [-0.1, -0.05) is 0 Å². The molecule has 0 aliphatic carbocycles. The molecule has 6 nitrogen and oxygen atoms in total. The van der Waals surface area contributed by atoms with Crippen molar-refractivity contribution >= 4 is 15.9 Å². The normalized spacial score (nSPS) is 16.0. The largest absolute Gasteiger partial charge is 0.381 e. The van der Waals surface area contributed by atoms with Gasteiger partial charge in [0, 0.05) is 19.6 Å². The molecule has 0 aromatic heterocycles. The lowest BCUT2D eigenvalue weighted by molar-refractivity contribution is -0.119. The maximum atomic E-state index is 12.1. The number of carbonyl (C=O) groups excluding carboxylic acids is 1. The molecule has 1 aliphatic rings. The van der Waals surface area contributed by atoms with E-state index in [1.54, 1.807) is 0 Å². The molecule has 1 N–H and O–H groups in total. The third-order valence-corrected chi connectivity index (χ3v) is 5.05. The molecule has 22 heavy (non-hydrogen) atoms. The molecule has 0 spiro atoms. The third kappa shape index (κ3) is 4.55. The molecule has 0 atom stereocenters. The summed E-state index contributed by atoms with van der Waals surface area (Å²) in [6, 6.07) is 7.34. The summed E-state index contributed by atoms with van der Waals surface area (Å²) in [4.78, 5) is 11.8. The fourth-order valence-electron chi connectivity index (χ4n) is 2.34. The second kappa shape index (κ2) is 7.38. The number of sulfonamides is 1. The number of rotatable bonds is 5. The topological polar surface area (TPSA) is 96.3 Å². The highest BCUT2D eigenvalue weighted by Crippen LogP contribution is 2.20. The summed E-state index contributed by atoms with van der Waals surface area (Å²) in [6.45, 7) is 1.41. The van der Waals surface area contributed by atoms with Gasteiger partial charge in [0.25, 0.3) is 10.0 Å². The minimum atomic E-state index is -3.87. The summed E-state index contributed by atoms with van der Waals surface area (Å²) < 4.78 is 31.4. The smallest absolute Gasteiger partial charge is 0.264 e. The van der Waals surface area contributed by atoms with E-state index in [2.05, 4.69) is 4.72 Å². The van der Waals surface area contributed by atoms with Crippen molar-refractivity contribution in [3.63, 3.8) is 0 Å². The Morgan fingerprint density at radius 1 is 1.27 bits per heavy atom. The molecule has 0 saturated carbocycles. The minimum Gasteiger partial charge on any atom is -0.381 e. The van der Waals surface area contributed by atoms with Crippen molar-refractivity contribution in [1.82, 2.24) is 4.72 Å². The van der Waals surface area contributed by atoms with Crippen LogP contribution in [0.3, 0.4) is 0 Å². The van der Waals surface area contributed by atoms with Gasteiger partial charge in [0.1, 0.15) is 0 Å². The number of benzene rings is 1. The molecule has 7 heteroatoms. The summed E-state index contributed by atoms with van der Waals surface area (Å²) in [7, 11) is -3.87. The molecule has 1 aromatic rings. The fourth-order valence-corrected chi connectivity index (χ4v) is 3.35. The Morgan fingerprint density at radius 3 is 2.50 bits per heavy atom. The summed E-state index contributed by atoms with van der Waals surface area (Å²) in [5.41, 5.74) is 0.366. The molecule has 0 bridgehead atoms. The van der Waals surface area contributed by atoms with Crippen molar-refractivity contribution < 1.29 is 17.9 Å².